The summed E-state index contributed by atoms with van der Waals surface area (Å²) in [5, 5.41) is 8.64. The summed E-state index contributed by atoms with van der Waals surface area (Å²) in [5.41, 5.74) is 6.79. The van der Waals surface area contributed by atoms with Gasteiger partial charge in [-0.1, -0.05) is 36.4 Å². The predicted octanol–water partition coefficient (Wildman–Crippen LogP) is 6.16. The molecule has 1 heterocycles. The molecule has 3 N–H and O–H groups in total. The topological polar surface area (TPSA) is 118 Å². The lowest BCUT2D eigenvalue weighted by Crippen LogP contribution is -2.04. The number of halogens is 3. The van der Waals surface area contributed by atoms with Gasteiger partial charge in [0.05, 0.1) is 23.1 Å². The highest BCUT2D eigenvalue weighted by Crippen LogP contribution is 2.37. The van der Waals surface area contributed by atoms with E-state index in [4.69, 9.17) is 5.73 Å². The van der Waals surface area contributed by atoms with Crippen molar-refractivity contribution in [1.29, 1.82) is 0 Å². The fourth-order valence-corrected chi connectivity index (χ4v) is 3.92. The van der Waals surface area contributed by atoms with Gasteiger partial charge in [-0.15, -0.1) is 10.2 Å². The molecule has 0 amide bonds. The Morgan fingerprint density at radius 1 is 0.909 bits per heavy atom. The van der Waals surface area contributed by atoms with Crippen LogP contribution in [0.15, 0.2) is 88.1 Å². The van der Waals surface area contributed by atoms with Gasteiger partial charge in [-0.05, 0) is 30.3 Å². The number of hydrogen-bond donors (Lipinski definition) is 2. The maximum absolute atomic E-state index is 12.7. The number of azo groups is 1. The molecule has 11 heteroatoms. The van der Waals surface area contributed by atoms with Gasteiger partial charge in [-0.3, -0.25) is 9.54 Å². The first kappa shape index (κ1) is 22.4. The SMILES string of the molecule is Nc1c(/N=N/c2ccc(-c3ccc(C(F)(F)F)cc3)nc2)cc(S(=O)(=O)O)c2ccccc12. The van der Waals surface area contributed by atoms with Gasteiger partial charge in [0.25, 0.3) is 10.1 Å². The van der Waals surface area contributed by atoms with Crippen molar-refractivity contribution in [3.63, 3.8) is 0 Å². The minimum Gasteiger partial charge on any atom is -0.396 e. The van der Waals surface area contributed by atoms with E-state index < -0.39 is 21.9 Å². The number of fused-ring (bicyclic) bond motifs is 1. The van der Waals surface area contributed by atoms with E-state index in [1.807, 2.05) is 0 Å². The third-order valence-electron chi connectivity index (χ3n) is 4.83. The van der Waals surface area contributed by atoms with E-state index in [-0.39, 0.29) is 21.7 Å². The van der Waals surface area contributed by atoms with Crippen molar-refractivity contribution >= 4 is 38.0 Å². The van der Waals surface area contributed by atoms with Gasteiger partial charge < -0.3 is 5.73 Å². The molecule has 0 fully saturated rings. The summed E-state index contributed by atoms with van der Waals surface area (Å²) in [4.78, 5) is 3.83. The number of nitrogen functional groups attached to an aromatic ring is 1. The number of pyridine rings is 1. The van der Waals surface area contributed by atoms with Gasteiger partial charge in [0, 0.05) is 16.3 Å². The molecule has 7 nitrogen and oxygen atoms in total. The molecule has 1 aromatic heterocycles. The van der Waals surface area contributed by atoms with Crippen LogP contribution in [0.3, 0.4) is 0 Å². The lowest BCUT2D eigenvalue weighted by Gasteiger charge is -2.09. The number of anilines is 1. The van der Waals surface area contributed by atoms with Crippen LogP contribution in [0, 0.1) is 0 Å². The molecular weight excluding hydrogens is 457 g/mol. The van der Waals surface area contributed by atoms with Gasteiger partial charge in [0.2, 0.25) is 0 Å². The monoisotopic (exact) mass is 472 g/mol. The molecule has 4 aromatic rings. The number of nitrogens with zero attached hydrogens (tertiary/aromatic N) is 3. The maximum atomic E-state index is 12.7. The van der Waals surface area contributed by atoms with Crippen molar-refractivity contribution in [1.82, 2.24) is 4.98 Å². The molecule has 0 saturated heterocycles. The van der Waals surface area contributed by atoms with Gasteiger partial charge >= 0.3 is 6.18 Å². The van der Waals surface area contributed by atoms with Crippen molar-refractivity contribution < 1.29 is 26.1 Å². The van der Waals surface area contributed by atoms with E-state index >= 15 is 0 Å². The Labute approximate surface area is 186 Å². The summed E-state index contributed by atoms with van der Waals surface area (Å²) < 4.78 is 71.3. The second-order valence-electron chi connectivity index (χ2n) is 7.00. The minimum atomic E-state index is -4.54. The number of benzene rings is 3. The van der Waals surface area contributed by atoms with Gasteiger partial charge in [0.1, 0.15) is 16.3 Å². The minimum absolute atomic E-state index is 0.0353. The molecule has 0 atom stereocenters. The van der Waals surface area contributed by atoms with Crippen LogP contribution in [0.5, 0.6) is 0 Å². The van der Waals surface area contributed by atoms with E-state index in [2.05, 4.69) is 15.2 Å². The van der Waals surface area contributed by atoms with Crippen LogP contribution >= 0.6 is 0 Å². The normalized spacial score (nSPS) is 12.5. The summed E-state index contributed by atoms with van der Waals surface area (Å²) in [6, 6.07) is 15.2. The number of hydrogen-bond acceptors (Lipinski definition) is 6. The zero-order valence-electron chi connectivity index (χ0n) is 16.7. The highest BCUT2D eigenvalue weighted by molar-refractivity contribution is 7.86. The Morgan fingerprint density at radius 3 is 2.15 bits per heavy atom. The van der Waals surface area contributed by atoms with Gasteiger partial charge in [-0.25, -0.2) is 0 Å². The molecule has 3 aromatic carbocycles. The lowest BCUT2D eigenvalue weighted by molar-refractivity contribution is -0.137. The van der Waals surface area contributed by atoms with Crippen LogP contribution in [-0.4, -0.2) is 18.0 Å². The third-order valence-corrected chi connectivity index (χ3v) is 5.73. The second-order valence-corrected chi connectivity index (χ2v) is 8.39. The standard InChI is InChI=1S/C22H15F3N4O3S/c23-22(24,25)14-7-5-13(6-8-14)18-10-9-15(12-27-18)28-29-19-11-20(33(30,31)32)16-3-1-2-4-17(16)21(19)26/h1-12H,26H2,(H,30,31,32)/b29-28+. The number of rotatable bonds is 4. The van der Waals surface area contributed by atoms with Crippen LogP contribution in [0.2, 0.25) is 0 Å². The van der Waals surface area contributed by atoms with Crippen LogP contribution in [0.25, 0.3) is 22.0 Å². The third kappa shape index (κ3) is 4.69. The second kappa shape index (κ2) is 8.26. The Kier molecular flexibility index (Phi) is 5.60. The van der Waals surface area contributed by atoms with Crippen LogP contribution < -0.4 is 5.73 Å². The molecule has 0 saturated carbocycles. The van der Waals surface area contributed by atoms with Crippen molar-refractivity contribution in [2.75, 3.05) is 5.73 Å². The fourth-order valence-electron chi connectivity index (χ4n) is 3.20. The lowest BCUT2D eigenvalue weighted by atomic mass is 10.1. The summed E-state index contributed by atoms with van der Waals surface area (Å²) in [6.07, 6.45) is -3.06. The smallest absolute Gasteiger partial charge is 0.396 e. The molecular formula is C22H15F3N4O3S. The Morgan fingerprint density at radius 2 is 1.58 bits per heavy atom. The van der Waals surface area contributed by atoms with Crippen LogP contribution in [-0.2, 0) is 16.3 Å². The molecule has 0 aliphatic carbocycles. The fraction of sp³-hybridized carbons (Fsp3) is 0.0455. The van der Waals surface area contributed by atoms with Crippen molar-refractivity contribution in [3.8, 4) is 11.3 Å². The van der Waals surface area contributed by atoms with E-state index in [1.165, 1.54) is 24.4 Å². The average Bonchev–Trinajstić information content (AvgIpc) is 2.78. The largest absolute Gasteiger partial charge is 0.416 e. The Bertz CT molecular complexity index is 1470. The molecule has 0 aliphatic rings. The maximum Gasteiger partial charge on any atom is 0.416 e. The molecule has 4 rings (SSSR count). The summed E-state index contributed by atoms with van der Waals surface area (Å²) >= 11 is 0. The molecule has 0 aliphatic heterocycles. The van der Waals surface area contributed by atoms with E-state index in [1.54, 1.807) is 30.3 Å². The van der Waals surface area contributed by atoms with E-state index in [0.29, 0.717) is 22.3 Å². The number of alkyl halides is 3. The molecule has 0 bridgehead atoms. The first-order chi connectivity index (χ1) is 15.5. The Balaban J connectivity index is 1.64. The van der Waals surface area contributed by atoms with Crippen molar-refractivity contribution in [2.45, 2.75) is 11.1 Å². The molecule has 0 spiro atoms. The Hall–Kier alpha value is -3.83. The van der Waals surface area contributed by atoms with Crippen LogP contribution in [0.4, 0.5) is 30.2 Å². The first-order valence-electron chi connectivity index (χ1n) is 9.38. The first-order valence-corrected chi connectivity index (χ1v) is 10.8. The molecule has 33 heavy (non-hydrogen) atoms. The number of aromatic nitrogens is 1. The summed E-state index contributed by atoms with van der Waals surface area (Å²) in [5.74, 6) is 0. The van der Waals surface area contributed by atoms with Crippen molar-refractivity contribution in [2.24, 2.45) is 10.2 Å². The molecule has 0 radical (unpaired) electrons. The van der Waals surface area contributed by atoms with Crippen molar-refractivity contribution in [3.05, 3.63) is 78.5 Å². The zero-order valence-corrected chi connectivity index (χ0v) is 17.5. The highest BCUT2D eigenvalue weighted by atomic mass is 32.2. The van der Waals surface area contributed by atoms with Crippen LogP contribution in [0.1, 0.15) is 5.56 Å². The zero-order chi connectivity index (χ0) is 23.8. The van der Waals surface area contributed by atoms with Gasteiger partial charge in [0.15, 0.2) is 0 Å². The van der Waals surface area contributed by atoms with E-state index in [9.17, 15) is 26.1 Å². The summed E-state index contributed by atoms with van der Waals surface area (Å²) in [7, 11) is -4.54. The highest BCUT2D eigenvalue weighted by Gasteiger charge is 2.30. The van der Waals surface area contributed by atoms with E-state index in [0.717, 1.165) is 18.2 Å². The molecule has 168 valence electrons. The predicted molar refractivity (Wildman–Crippen MR) is 117 cm³/mol. The quantitative estimate of drug-likeness (QED) is 0.209. The number of nitrogens with two attached hydrogens (primary N) is 1. The summed E-state index contributed by atoms with van der Waals surface area (Å²) in [6.45, 7) is 0. The van der Waals surface area contributed by atoms with Gasteiger partial charge in [-0.2, -0.15) is 21.6 Å². The average molecular weight is 472 g/mol. The molecule has 0 unspecified atom stereocenters.